The van der Waals surface area contributed by atoms with Crippen LogP contribution in [0.25, 0.3) is 0 Å². The molecule has 3 rings (SSSR count). The summed E-state index contributed by atoms with van der Waals surface area (Å²) in [6.07, 6.45) is 0.609. The van der Waals surface area contributed by atoms with Crippen molar-refractivity contribution >= 4 is 17.3 Å². The van der Waals surface area contributed by atoms with Gasteiger partial charge in [-0.15, -0.1) is 0 Å². The standard InChI is InChI=1S/C17H15FN2O3/c1-10-9-12-7-8-19(14-5-3-13(18)4-6-14)17(21)15(12)11(2)16(10)20(22)23/h3-6,9H,7-8H2,1-2H3. The second-order valence-electron chi connectivity index (χ2n) is 5.64. The van der Waals surface area contributed by atoms with Crippen molar-refractivity contribution in [3.63, 3.8) is 0 Å². The molecule has 0 atom stereocenters. The van der Waals surface area contributed by atoms with Crippen LogP contribution >= 0.6 is 0 Å². The summed E-state index contributed by atoms with van der Waals surface area (Å²) in [7, 11) is 0. The normalized spacial score (nSPS) is 13.9. The van der Waals surface area contributed by atoms with E-state index in [4.69, 9.17) is 0 Å². The summed E-state index contributed by atoms with van der Waals surface area (Å²) in [6.45, 7) is 3.76. The molecule has 1 heterocycles. The topological polar surface area (TPSA) is 63.5 Å². The summed E-state index contributed by atoms with van der Waals surface area (Å²) in [4.78, 5) is 25.2. The minimum Gasteiger partial charge on any atom is -0.308 e. The molecule has 0 radical (unpaired) electrons. The quantitative estimate of drug-likeness (QED) is 0.629. The van der Waals surface area contributed by atoms with Crippen molar-refractivity contribution < 1.29 is 14.1 Å². The zero-order valence-electron chi connectivity index (χ0n) is 12.8. The molecule has 0 aromatic heterocycles. The Hall–Kier alpha value is -2.76. The molecule has 5 nitrogen and oxygen atoms in total. The lowest BCUT2D eigenvalue weighted by atomic mass is 9.91. The molecule has 0 unspecified atom stereocenters. The SMILES string of the molecule is Cc1cc2c(c(C)c1[N+](=O)[O-])C(=O)N(c1ccc(F)cc1)CC2. The number of halogens is 1. The fourth-order valence-electron chi connectivity index (χ4n) is 3.17. The van der Waals surface area contributed by atoms with Gasteiger partial charge in [0.25, 0.3) is 11.6 Å². The fourth-order valence-corrected chi connectivity index (χ4v) is 3.17. The average molecular weight is 314 g/mol. The smallest absolute Gasteiger partial charge is 0.275 e. The molecule has 0 bridgehead atoms. The first-order chi connectivity index (χ1) is 10.9. The number of carbonyl (C=O) groups excluding carboxylic acids is 1. The lowest BCUT2D eigenvalue weighted by molar-refractivity contribution is -0.386. The molecule has 1 amide bonds. The van der Waals surface area contributed by atoms with Gasteiger partial charge in [-0.25, -0.2) is 4.39 Å². The van der Waals surface area contributed by atoms with E-state index in [0.29, 0.717) is 35.3 Å². The highest BCUT2D eigenvalue weighted by atomic mass is 19.1. The largest absolute Gasteiger partial charge is 0.308 e. The molecule has 6 heteroatoms. The second kappa shape index (κ2) is 5.46. The Balaban J connectivity index is 2.10. The number of aryl methyl sites for hydroxylation is 1. The third-order valence-electron chi connectivity index (χ3n) is 4.20. The van der Waals surface area contributed by atoms with E-state index >= 15 is 0 Å². The van der Waals surface area contributed by atoms with Gasteiger partial charge in [0.15, 0.2) is 0 Å². The van der Waals surface area contributed by atoms with Crippen LogP contribution in [0.3, 0.4) is 0 Å². The lowest BCUT2D eigenvalue weighted by Crippen LogP contribution is -2.38. The van der Waals surface area contributed by atoms with E-state index in [1.165, 1.54) is 29.2 Å². The number of nitro benzene ring substituents is 1. The number of benzene rings is 2. The highest BCUT2D eigenvalue weighted by Crippen LogP contribution is 2.33. The number of hydrogen-bond donors (Lipinski definition) is 0. The van der Waals surface area contributed by atoms with Crippen LogP contribution in [0.4, 0.5) is 15.8 Å². The number of carbonyl (C=O) groups is 1. The first kappa shape index (κ1) is 15.1. The zero-order valence-corrected chi connectivity index (χ0v) is 12.8. The molecule has 0 saturated carbocycles. The Bertz CT molecular complexity index is 816. The van der Waals surface area contributed by atoms with E-state index in [-0.39, 0.29) is 17.4 Å². The first-order valence-corrected chi connectivity index (χ1v) is 7.25. The van der Waals surface area contributed by atoms with Crippen molar-refractivity contribution in [1.82, 2.24) is 0 Å². The third kappa shape index (κ3) is 2.46. The minimum atomic E-state index is -0.449. The minimum absolute atomic E-state index is 0.0157. The molecule has 0 saturated heterocycles. The Morgan fingerprint density at radius 3 is 2.48 bits per heavy atom. The summed E-state index contributed by atoms with van der Waals surface area (Å²) in [5.41, 5.74) is 2.74. The predicted molar refractivity (Wildman–Crippen MR) is 84.4 cm³/mol. The van der Waals surface area contributed by atoms with E-state index in [0.717, 1.165) is 5.56 Å². The fraction of sp³-hybridized carbons (Fsp3) is 0.235. The van der Waals surface area contributed by atoms with E-state index in [9.17, 15) is 19.3 Å². The van der Waals surface area contributed by atoms with Crippen molar-refractivity contribution in [2.24, 2.45) is 0 Å². The summed E-state index contributed by atoms with van der Waals surface area (Å²) in [6, 6.07) is 7.39. The van der Waals surface area contributed by atoms with Gasteiger partial charge in [0.2, 0.25) is 0 Å². The first-order valence-electron chi connectivity index (χ1n) is 7.25. The highest BCUT2D eigenvalue weighted by Gasteiger charge is 2.31. The lowest BCUT2D eigenvalue weighted by Gasteiger charge is -2.30. The number of amides is 1. The van der Waals surface area contributed by atoms with E-state index < -0.39 is 4.92 Å². The van der Waals surface area contributed by atoms with Crippen molar-refractivity contribution in [3.8, 4) is 0 Å². The Kier molecular flexibility index (Phi) is 3.60. The summed E-state index contributed by atoms with van der Waals surface area (Å²) in [5.74, 6) is -0.653. The molecule has 2 aromatic carbocycles. The molecule has 118 valence electrons. The predicted octanol–water partition coefficient (Wildman–Crippen LogP) is 3.55. The molecule has 1 aliphatic heterocycles. The molecule has 23 heavy (non-hydrogen) atoms. The van der Waals surface area contributed by atoms with Crippen LogP contribution < -0.4 is 4.90 Å². The van der Waals surface area contributed by atoms with Crippen molar-refractivity contribution in [2.45, 2.75) is 20.3 Å². The number of anilines is 1. The van der Waals surface area contributed by atoms with Crippen LogP contribution in [0, 0.1) is 29.8 Å². The second-order valence-corrected chi connectivity index (χ2v) is 5.64. The molecule has 0 spiro atoms. The van der Waals surface area contributed by atoms with Crippen molar-refractivity contribution in [3.05, 3.63) is 68.5 Å². The maximum Gasteiger partial charge on any atom is 0.275 e. The highest BCUT2D eigenvalue weighted by molar-refractivity contribution is 6.09. The number of rotatable bonds is 2. The van der Waals surface area contributed by atoms with Gasteiger partial charge >= 0.3 is 0 Å². The van der Waals surface area contributed by atoms with Gasteiger partial charge in [-0.3, -0.25) is 14.9 Å². The molecule has 0 fully saturated rings. The van der Waals surface area contributed by atoms with Gasteiger partial charge < -0.3 is 4.90 Å². The van der Waals surface area contributed by atoms with Gasteiger partial charge in [-0.05, 0) is 56.2 Å². The van der Waals surface area contributed by atoms with Crippen LogP contribution in [0.1, 0.15) is 27.0 Å². The van der Waals surface area contributed by atoms with Crippen LogP contribution in [-0.2, 0) is 6.42 Å². The van der Waals surface area contributed by atoms with E-state index in [2.05, 4.69) is 0 Å². The summed E-state index contributed by atoms with van der Waals surface area (Å²) >= 11 is 0. The number of fused-ring (bicyclic) bond motifs is 1. The van der Waals surface area contributed by atoms with Crippen molar-refractivity contribution in [1.29, 1.82) is 0 Å². The average Bonchev–Trinajstić information content (AvgIpc) is 2.48. The monoisotopic (exact) mass is 314 g/mol. The maximum absolute atomic E-state index is 13.1. The summed E-state index contributed by atoms with van der Waals surface area (Å²) in [5, 5.41) is 11.3. The molecule has 1 aliphatic rings. The van der Waals surface area contributed by atoms with Gasteiger partial charge in [0.1, 0.15) is 5.82 Å². The third-order valence-corrected chi connectivity index (χ3v) is 4.20. The number of nitrogens with zero attached hydrogens (tertiary/aromatic N) is 2. The number of hydrogen-bond acceptors (Lipinski definition) is 3. The molecular formula is C17H15FN2O3. The number of nitro groups is 1. The molecule has 0 aliphatic carbocycles. The van der Waals surface area contributed by atoms with Gasteiger partial charge in [0.05, 0.1) is 10.5 Å². The van der Waals surface area contributed by atoms with Gasteiger partial charge in [-0.2, -0.15) is 0 Å². The van der Waals surface area contributed by atoms with E-state index in [1.54, 1.807) is 19.9 Å². The molecular weight excluding hydrogens is 299 g/mol. The van der Waals surface area contributed by atoms with Crippen LogP contribution in [0.5, 0.6) is 0 Å². The van der Waals surface area contributed by atoms with Gasteiger partial charge in [-0.1, -0.05) is 0 Å². The van der Waals surface area contributed by atoms with Crippen LogP contribution in [0.2, 0.25) is 0 Å². The Morgan fingerprint density at radius 2 is 1.87 bits per heavy atom. The van der Waals surface area contributed by atoms with Crippen molar-refractivity contribution in [2.75, 3.05) is 11.4 Å². The van der Waals surface area contributed by atoms with Gasteiger partial charge in [0, 0.05) is 23.4 Å². The zero-order chi connectivity index (χ0) is 16.7. The maximum atomic E-state index is 13.1. The molecule has 0 N–H and O–H groups in total. The Labute approximate surface area is 132 Å². The Morgan fingerprint density at radius 1 is 1.22 bits per heavy atom. The summed E-state index contributed by atoms with van der Waals surface area (Å²) < 4.78 is 13.1. The van der Waals surface area contributed by atoms with Crippen LogP contribution in [-0.4, -0.2) is 17.4 Å². The van der Waals surface area contributed by atoms with Crippen LogP contribution in [0.15, 0.2) is 30.3 Å². The molecule has 2 aromatic rings. The van der Waals surface area contributed by atoms with E-state index in [1.807, 2.05) is 0 Å².